The first kappa shape index (κ1) is 36.5. The van der Waals surface area contributed by atoms with Gasteiger partial charge in [0.2, 0.25) is 0 Å². The Bertz CT molecular complexity index is 3580. The Kier molecular flexibility index (Phi) is 8.83. The third-order valence-corrected chi connectivity index (χ3v) is 12.4. The van der Waals surface area contributed by atoms with E-state index in [1.54, 1.807) is 0 Å². The van der Waals surface area contributed by atoms with E-state index >= 15 is 0 Å². The lowest BCUT2D eigenvalue weighted by atomic mass is 9.94. The number of hydrogen-bond acceptors (Lipinski definition) is 2. The van der Waals surface area contributed by atoms with Crippen molar-refractivity contribution in [2.45, 2.75) is 0 Å². The molecule has 2 heterocycles. The first-order valence-corrected chi connectivity index (χ1v) is 21.5. The van der Waals surface area contributed by atoms with E-state index in [-0.39, 0.29) is 0 Å². The lowest BCUT2D eigenvalue weighted by Gasteiger charge is -2.27. The van der Waals surface area contributed by atoms with E-state index in [0.717, 1.165) is 66.9 Å². The standard InChI is InChI=1S/C60H40N2O/c1-2-17-41(18-3-1)48-23-4-5-24-49(48)43-19-14-21-46(39-43)61(47-22-15-20-44(40-47)51-29-16-30-55-54-28-9-13-34-59(54)63-60(51)55)45-37-35-42(36-38-45)50-25-6-10-31-56(50)62-57-32-11-7-26-52(57)53-27-8-12-33-58(53)62/h1-40H. The molecule has 3 heteroatoms. The van der Waals surface area contributed by atoms with Gasteiger partial charge in [0, 0.05) is 49.7 Å². The number of rotatable bonds is 8. The summed E-state index contributed by atoms with van der Waals surface area (Å²) in [6.07, 6.45) is 0. The molecule has 0 unspecified atom stereocenters. The van der Waals surface area contributed by atoms with E-state index in [1.807, 2.05) is 12.1 Å². The summed E-state index contributed by atoms with van der Waals surface area (Å²) in [6.45, 7) is 0. The molecular formula is C60H40N2O. The van der Waals surface area contributed by atoms with Crippen LogP contribution in [0.1, 0.15) is 0 Å². The van der Waals surface area contributed by atoms with Crippen molar-refractivity contribution in [3.05, 3.63) is 243 Å². The molecule has 12 rings (SSSR count). The maximum absolute atomic E-state index is 6.54. The van der Waals surface area contributed by atoms with Gasteiger partial charge < -0.3 is 13.9 Å². The molecule has 0 amide bonds. The molecule has 0 radical (unpaired) electrons. The number of benzene rings is 10. The molecule has 0 saturated carbocycles. The van der Waals surface area contributed by atoms with Crippen molar-refractivity contribution in [1.82, 2.24) is 4.57 Å². The van der Waals surface area contributed by atoms with Crippen LogP contribution in [0.4, 0.5) is 17.1 Å². The van der Waals surface area contributed by atoms with Crippen molar-refractivity contribution < 1.29 is 4.42 Å². The van der Waals surface area contributed by atoms with Crippen LogP contribution in [0, 0.1) is 0 Å². The van der Waals surface area contributed by atoms with Crippen molar-refractivity contribution in [2.75, 3.05) is 4.90 Å². The highest BCUT2D eigenvalue weighted by molar-refractivity contribution is 6.11. The molecule has 296 valence electrons. The quantitative estimate of drug-likeness (QED) is 0.153. The Balaban J connectivity index is 1.01. The molecule has 0 spiro atoms. The number of anilines is 3. The molecule has 0 N–H and O–H groups in total. The van der Waals surface area contributed by atoms with Crippen LogP contribution >= 0.6 is 0 Å². The van der Waals surface area contributed by atoms with Gasteiger partial charge in [-0.15, -0.1) is 0 Å². The molecule has 63 heavy (non-hydrogen) atoms. The van der Waals surface area contributed by atoms with E-state index in [4.69, 9.17) is 4.42 Å². The van der Waals surface area contributed by atoms with E-state index in [0.29, 0.717) is 0 Å². The summed E-state index contributed by atoms with van der Waals surface area (Å²) >= 11 is 0. The van der Waals surface area contributed by atoms with Gasteiger partial charge in [0.05, 0.1) is 16.7 Å². The lowest BCUT2D eigenvalue weighted by Crippen LogP contribution is -2.10. The Morgan fingerprint density at radius 3 is 1.48 bits per heavy atom. The zero-order valence-corrected chi connectivity index (χ0v) is 34.4. The van der Waals surface area contributed by atoms with E-state index in [1.165, 1.54) is 44.1 Å². The van der Waals surface area contributed by atoms with E-state index < -0.39 is 0 Å². The van der Waals surface area contributed by atoms with Gasteiger partial charge in [0.25, 0.3) is 0 Å². The largest absolute Gasteiger partial charge is 0.455 e. The first-order chi connectivity index (χ1) is 31.3. The average Bonchev–Trinajstić information content (AvgIpc) is 3.91. The minimum absolute atomic E-state index is 0.894. The average molecular weight is 805 g/mol. The second-order valence-corrected chi connectivity index (χ2v) is 16.1. The number of para-hydroxylation sites is 5. The normalized spacial score (nSPS) is 11.5. The van der Waals surface area contributed by atoms with Crippen LogP contribution < -0.4 is 4.90 Å². The fourth-order valence-electron chi connectivity index (χ4n) is 9.54. The van der Waals surface area contributed by atoms with Gasteiger partial charge in [-0.2, -0.15) is 0 Å². The summed E-state index contributed by atoms with van der Waals surface area (Å²) in [6, 6.07) is 87.1. The van der Waals surface area contributed by atoms with Crippen LogP contribution in [0.25, 0.3) is 93.9 Å². The molecule has 0 saturated heterocycles. The second-order valence-electron chi connectivity index (χ2n) is 16.1. The molecule has 0 atom stereocenters. The zero-order valence-electron chi connectivity index (χ0n) is 34.4. The predicted octanol–water partition coefficient (Wildman–Crippen LogP) is 16.8. The summed E-state index contributed by atoms with van der Waals surface area (Å²) in [5.74, 6) is 0. The van der Waals surface area contributed by atoms with Gasteiger partial charge in [-0.25, -0.2) is 0 Å². The molecule has 0 aliphatic heterocycles. The van der Waals surface area contributed by atoms with Crippen molar-refractivity contribution in [1.29, 1.82) is 0 Å². The minimum atomic E-state index is 0.894. The summed E-state index contributed by atoms with van der Waals surface area (Å²) in [4.78, 5) is 2.37. The van der Waals surface area contributed by atoms with Crippen LogP contribution in [0.5, 0.6) is 0 Å². The van der Waals surface area contributed by atoms with Crippen molar-refractivity contribution in [3.63, 3.8) is 0 Å². The topological polar surface area (TPSA) is 21.3 Å². The van der Waals surface area contributed by atoms with Crippen LogP contribution in [-0.4, -0.2) is 4.57 Å². The van der Waals surface area contributed by atoms with Gasteiger partial charge in [-0.05, 0) is 94.0 Å². The third-order valence-electron chi connectivity index (χ3n) is 12.4. The lowest BCUT2D eigenvalue weighted by molar-refractivity contribution is 0.670. The Morgan fingerprint density at radius 2 is 0.778 bits per heavy atom. The Morgan fingerprint density at radius 1 is 0.302 bits per heavy atom. The predicted molar refractivity (Wildman–Crippen MR) is 264 cm³/mol. The summed E-state index contributed by atoms with van der Waals surface area (Å²) in [5.41, 5.74) is 17.7. The highest BCUT2D eigenvalue weighted by atomic mass is 16.3. The molecule has 10 aromatic carbocycles. The smallest absolute Gasteiger partial charge is 0.143 e. The molecule has 0 aliphatic carbocycles. The summed E-state index contributed by atoms with van der Waals surface area (Å²) in [7, 11) is 0. The Labute approximate surface area is 366 Å². The number of hydrogen-bond donors (Lipinski definition) is 0. The molecular weight excluding hydrogens is 765 g/mol. The number of furan rings is 1. The highest BCUT2D eigenvalue weighted by Gasteiger charge is 2.19. The molecule has 3 nitrogen and oxygen atoms in total. The SMILES string of the molecule is c1ccc(-c2ccccc2-c2cccc(N(c3ccc(-c4ccccc4-n4c5ccccc5c5ccccc54)cc3)c3cccc(-c4cccc5c4oc4ccccc45)c3)c2)cc1. The number of fused-ring (bicyclic) bond motifs is 6. The van der Waals surface area contributed by atoms with Crippen molar-refractivity contribution >= 4 is 60.8 Å². The summed E-state index contributed by atoms with van der Waals surface area (Å²) in [5, 5.41) is 4.74. The van der Waals surface area contributed by atoms with Gasteiger partial charge >= 0.3 is 0 Å². The van der Waals surface area contributed by atoms with Crippen LogP contribution in [-0.2, 0) is 0 Å². The molecule has 0 fully saturated rings. The fraction of sp³-hybridized carbons (Fsp3) is 0. The highest BCUT2D eigenvalue weighted by Crippen LogP contribution is 2.43. The zero-order chi connectivity index (χ0) is 41.7. The number of nitrogens with zero attached hydrogens (tertiary/aromatic N) is 2. The molecule has 0 aliphatic rings. The first-order valence-electron chi connectivity index (χ1n) is 21.5. The van der Waals surface area contributed by atoms with E-state index in [2.05, 4.69) is 240 Å². The molecule has 12 aromatic rings. The van der Waals surface area contributed by atoms with Gasteiger partial charge in [-0.1, -0.05) is 182 Å². The summed E-state index contributed by atoms with van der Waals surface area (Å²) < 4.78 is 8.95. The maximum Gasteiger partial charge on any atom is 0.143 e. The van der Waals surface area contributed by atoms with Crippen LogP contribution in [0.3, 0.4) is 0 Å². The fourth-order valence-corrected chi connectivity index (χ4v) is 9.54. The molecule has 2 aromatic heterocycles. The van der Waals surface area contributed by atoms with Gasteiger partial charge in [0.15, 0.2) is 0 Å². The van der Waals surface area contributed by atoms with Crippen molar-refractivity contribution in [2.24, 2.45) is 0 Å². The monoisotopic (exact) mass is 804 g/mol. The van der Waals surface area contributed by atoms with Gasteiger partial charge in [-0.3, -0.25) is 0 Å². The second kappa shape index (κ2) is 15.3. The third kappa shape index (κ3) is 6.29. The van der Waals surface area contributed by atoms with Crippen LogP contribution in [0.2, 0.25) is 0 Å². The van der Waals surface area contributed by atoms with Crippen LogP contribution in [0.15, 0.2) is 247 Å². The minimum Gasteiger partial charge on any atom is -0.455 e. The van der Waals surface area contributed by atoms with Gasteiger partial charge in [0.1, 0.15) is 11.2 Å². The maximum atomic E-state index is 6.54. The van der Waals surface area contributed by atoms with Crippen molar-refractivity contribution in [3.8, 4) is 50.2 Å². The number of aromatic nitrogens is 1. The Hall–Kier alpha value is -8.40. The van der Waals surface area contributed by atoms with E-state index in [9.17, 15) is 0 Å². The molecule has 0 bridgehead atoms.